The summed E-state index contributed by atoms with van der Waals surface area (Å²) in [6.07, 6.45) is -4.57. The zero-order valence-corrected chi connectivity index (χ0v) is 13.6. The lowest BCUT2D eigenvalue weighted by atomic mass is 10.6. The number of hydrogen-bond acceptors (Lipinski definition) is 3. The number of sulfonamides is 1. The van der Waals surface area contributed by atoms with E-state index in [9.17, 15) is 21.6 Å². The number of halogens is 5. The van der Waals surface area contributed by atoms with Crippen LogP contribution in [0.25, 0.3) is 0 Å². The zero-order valence-electron chi connectivity index (χ0n) is 8.75. The second kappa shape index (κ2) is 6.21. The first kappa shape index (κ1) is 16.4. The van der Waals surface area contributed by atoms with Gasteiger partial charge in [-0.3, -0.25) is 0 Å². The van der Waals surface area contributed by atoms with E-state index in [1.807, 2.05) is 0 Å². The van der Waals surface area contributed by atoms with E-state index in [0.29, 0.717) is 8.09 Å². The number of alkyl halides is 4. The van der Waals surface area contributed by atoms with Crippen LogP contribution in [0.1, 0.15) is 0 Å². The van der Waals surface area contributed by atoms with E-state index in [0.717, 1.165) is 11.3 Å². The van der Waals surface area contributed by atoms with Crippen molar-refractivity contribution in [3.8, 4) is 0 Å². The van der Waals surface area contributed by atoms with Crippen molar-refractivity contribution in [3.63, 3.8) is 0 Å². The highest BCUT2D eigenvalue weighted by atomic mass is 79.9. The van der Waals surface area contributed by atoms with Gasteiger partial charge in [0.2, 0.25) is 0 Å². The van der Waals surface area contributed by atoms with Gasteiger partial charge in [0.05, 0.1) is 3.79 Å². The summed E-state index contributed by atoms with van der Waals surface area (Å²) in [4.78, 5) is 0. The standard InChI is InChI=1S/C8H8Br2F3NO2S2/c9-3-4-14(5-8(11,12)13)18(15,16)7-2-1-6(10)17-7/h1-2H,3-5H2. The van der Waals surface area contributed by atoms with Gasteiger partial charge in [-0.1, -0.05) is 15.9 Å². The predicted octanol–water partition coefficient (Wildman–Crippen LogP) is 3.46. The summed E-state index contributed by atoms with van der Waals surface area (Å²) >= 11 is 6.91. The third-order valence-electron chi connectivity index (χ3n) is 1.83. The van der Waals surface area contributed by atoms with E-state index < -0.39 is 22.7 Å². The molecule has 1 heterocycles. The van der Waals surface area contributed by atoms with Gasteiger partial charge in [0.15, 0.2) is 0 Å². The molecular formula is C8H8Br2F3NO2S2. The summed E-state index contributed by atoms with van der Waals surface area (Å²) < 4.78 is 61.9. The monoisotopic (exact) mass is 429 g/mol. The highest BCUT2D eigenvalue weighted by Gasteiger charge is 2.37. The molecule has 1 aromatic rings. The summed E-state index contributed by atoms with van der Waals surface area (Å²) in [7, 11) is -4.10. The Morgan fingerprint density at radius 3 is 2.33 bits per heavy atom. The lowest BCUT2D eigenvalue weighted by Gasteiger charge is -2.21. The molecular weight excluding hydrogens is 423 g/mol. The van der Waals surface area contributed by atoms with Gasteiger partial charge >= 0.3 is 6.18 Å². The Kier molecular flexibility index (Phi) is 5.66. The Hall–Kier alpha value is 0.360. The molecule has 0 bridgehead atoms. The molecule has 0 radical (unpaired) electrons. The molecule has 0 saturated heterocycles. The maximum atomic E-state index is 12.4. The molecule has 0 aliphatic heterocycles. The molecule has 0 aromatic carbocycles. The van der Waals surface area contributed by atoms with Crippen LogP contribution in [-0.2, 0) is 10.0 Å². The minimum absolute atomic E-state index is 0.112. The van der Waals surface area contributed by atoms with Crippen molar-refractivity contribution >= 4 is 53.2 Å². The number of nitrogens with zero attached hydrogens (tertiary/aromatic N) is 1. The first-order valence-electron chi connectivity index (χ1n) is 4.55. The maximum Gasteiger partial charge on any atom is 0.402 e. The largest absolute Gasteiger partial charge is 0.402 e. The van der Waals surface area contributed by atoms with Crippen molar-refractivity contribution in [1.82, 2.24) is 4.31 Å². The van der Waals surface area contributed by atoms with Crippen molar-refractivity contribution in [3.05, 3.63) is 15.9 Å². The van der Waals surface area contributed by atoms with Crippen molar-refractivity contribution in [1.29, 1.82) is 0 Å². The zero-order chi connectivity index (χ0) is 14.0. The van der Waals surface area contributed by atoms with Crippen molar-refractivity contribution in [2.45, 2.75) is 10.4 Å². The van der Waals surface area contributed by atoms with Crippen LogP contribution in [0.4, 0.5) is 13.2 Å². The highest BCUT2D eigenvalue weighted by molar-refractivity contribution is 9.11. The number of thiophene rings is 1. The van der Waals surface area contributed by atoms with E-state index in [-0.39, 0.29) is 16.1 Å². The third kappa shape index (κ3) is 4.48. The van der Waals surface area contributed by atoms with Crippen LogP contribution in [0.5, 0.6) is 0 Å². The van der Waals surface area contributed by atoms with Crippen LogP contribution in [0.2, 0.25) is 0 Å². The molecule has 0 unspecified atom stereocenters. The summed E-state index contributed by atoms with van der Waals surface area (Å²) in [6.45, 7) is -1.73. The third-order valence-corrected chi connectivity index (χ3v) is 6.12. The molecule has 0 aliphatic carbocycles. The van der Waals surface area contributed by atoms with Gasteiger partial charge in [-0.2, -0.15) is 17.5 Å². The van der Waals surface area contributed by atoms with E-state index >= 15 is 0 Å². The normalized spacial score (nSPS) is 13.2. The molecule has 0 fully saturated rings. The summed E-state index contributed by atoms with van der Waals surface area (Å²) in [5, 5.41) is 0.134. The lowest BCUT2D eigenvalue weighted by molar-refractivity contribution is -0.135. The van der Waals surface area contributed by atoms with Crippen LogP contribution in [-0.4, -0.2) is 37.3 Å². The Morgan fingerprint density at radius 1 is 1.33 bits per heavy atom. The van der Waals surface area contributed by atoms with Crippen LogP contribution in [0.3, 0.4) is 0 Å². The second-order valence-electron chi connectivity index (χ2n) is 3.20. The first-order valence-corrected chi connectivity index (χ1v) is 8.72. The van der Waals surface area contributed by atoms with E-state index in [1.165, 1.54) is 12.1 Å². The van der Waals surface area contributed by atoms with Crippen molar-refractivity contribution < 1.29 is 21.6 Å². The number of rotatable bonds is 5. The Balaban J connectivity index is 3.04. The van der Waals surface area contributed by atoms with Crippen LogP contribution >= 0.6 is 43.2 Å². The molecule has 0 atom stereocenters. The molecule has 104 valence electrons. The molecule has 0 saturated carbocycles. The molecule has 1 aromatic heterocycles. The van der Waals surface area contributed by atoms with Crippen molar-refractivity contribution in [2.24, 2.45) is 0 Å². The predicted molar refractivity (Wildman–Crippen MR) is 70.6 cm³/mol. The molecule has 0 spiro atoms. The Labute approximate surface area is 123 Å². The summed E-state index contributed by atoms with van der Waals surface area (Å²) in [6, 6.07) is 2.76. The van der Waals surface area contributed by atoms with E-state index in [2.05, 4.69) is 31.9 Å². The lowest BCUT2D eigenvalue weighted by Crippen LogP contribution is -2.39. The molecule has 10 heteroatoms. The molecule has 0 aliphatic rings. The van der Waals surface area contributed by atoms with Crippen LogP contribution in [0.15, 0.2) is 20.1 Å². The van der Waals surface area contributed by atoms with Gasteiger partial charge in [0, 0.05) is 11.9 Å². The van der Waals surface area contributed by atoms with E-state index in [1.54, 1.807) is 0 Å². The van der Waals surface area contributed by atoms with Gasteiger partial charge < -0.3 is 0 Å². The first-order chi connectivity index (χ1) is 8.16. The second-order valence-corrected chi connectivity index (χ2v) is 8.62. The fourth-order valence-electron chi connectivity index (χ4n) is 1.14. The highest BCUT2D eigenvalue weighted by Crippen LogP contribution is 2.30. The maximum absolute atomic E-state index is 12.4. The molecule has 1 rings (SSSR count). The number of hydrogen-bond donors (Lipinski definition) is 0. The average molecular weight is 431 g/mol. The van der Waals surface area contributed by atoms with Crippen LogP contribution in [0, 0.1) is 0 Å². The fraction of sp³-hybridized carbons (Fsp3) is 0.500. The molecule has 0 amide bonds. The van der Waals surface area contributed by atoms with Gasteiger partial charge in [-0.25, -0.2) is 8.42 Å². The minimum atomic E-state index is -4.57. The SMILES string of the molecule is O=S(=O)(c1ccc(Br)s1)N(CCBr)CC(F)(F)F. The van der Waals surface area contributed by atoms with Gasteiger partial charge in [-0.05, 0) is 28.1 Å². The molecule has 18 heavy (non-hydrogen) atoms. The topological polar surface area (TPSA) is 37.4 Å². The molecule has 0 N–H and O–H groups in total. The Bertz CT molecular complexity index is 501. The fourth-order valence-corrected chi connectivity index (χ4v) is 5.40. The van der Waals surface area contributed by atoms with Gasteiger partial charge in [-0.15, -0.1) is 11.3 Å². The minimum Gasteiger partial charge on any atom is -0.206 e. The van der Waals surface area contributed by atoms with Gasteiger partial charge in [0.25, 0.3) is 10.0 Å². The van der Waals surface area contributed by atoms with Crippen LogP contribution < -0.4 is 0 Å². The Morgan fingerprint density at radius 2 is 1.94 bits per heavy atom. The smallest absolute Gasteiger partial charge is 0.206 e. The summed E-state index contributed by atoms with van der Waals surface area (Å²) in [5.74, 6) is 0. The average Bonchev–Trinajstić information content (AvgIpc) is 2.63. The molecule has 3 nitrogen and oxygen atoms in total. The quantitative estimate of drug-likeness (QED) is 0.671. The van der Waals surface area contributed by atoms with Gasteiger partial charge in [0.1, 0.15) is 10.8 Å². The van der Waals surface area contributed by atoms with E-state index in [4.69, 9.17) is 0 Å². The summed E-state index contributed by atoms with van der Waals surface area (Å²) in [5.41, 5.74) is 0. The van der Waals surface area contributed by atoms with Crippen molar-refractivity contribution in [2.75, 3.05) is 18.4 Å².